The molecule has 3 aromatic carbocycles. The average molecular weight is 597 g/mol. The normalized spacial score (nSPS) is 28.9. The number of carbonyl (C=O) groups excluding carboxylic acids is 2. The van der Waals surface area contributed by atoms with Crippen molar-refractivity contribution in [3.05, 3.63) is 105 Å². The molecule has 8 rings (SSSR count). The van der Waals surface area contributed by atoms with Crippen LogP contribution in [0.2, 0.25) is 0 Å². The van der Waals surface area contributed by atoms with Crippen LogP contribution in [-0.2, 0) is 16.2 Å². The summed E-state index contributed by atoms with van der Waals surface area (Å²) in [5.41, 5.74) is 2.70. The average Bonchev–Trinajstić information content (AvgIpc) is 3.75. The number of nitrogens with zero attached hydrogens (tertiary/aromatic N) is 1. The number of imide groups is 1. The third-order valence-corrected chi connectivity index (χ3v) is 12.1. The number of H-pyrrole nitrogens is 1. The van der Waals surface area contributed by atoms with Gasteiger partial charge in [0.1, 0.15) is 18.1 Å². The number of aromatic amines is 1. The molecule has 4 aromatic rings. The molecule has 2 aliphatic carbocycles. The smallest absolute Gasteiger partial charge is 0.305 e. The van der Waals surface area contributed by atoms with E-state index in [0.717, 1.165) is 33.2 Å². The van der Waals surface area contributed by atoms with Gasteiger partial charge in [-0.05, 0) is 60.1 Å². The lowest BCUT2D eigenvalue weighted by atomic mass is 9.68. The van der Waals surface area contributed by atoms with E-state index in [2.05, 4.69) is 11.1 Å². The summed E-state index contributed by atoms with van der Waals surface area (Å²) < 4.78 is 11.7. The predicted molar refractivity (Wildman–Crippen MR) is 161 cm³/mol. The van der Waals surface area contributed by atoms with E-state index in [1.165, 1.54) is 16.2 Å². The quantitative estimate of drug-likeness (QED) is 0.287. The van der Waals surface area contributed by atoms with Gasteiger partial charge in [-0.25, -0.2) is 0 Å². The van der Waals surface area contributed by atoms with Gasteiger partial charge >= 0.3 is 4.87 Å². The number of hydrogen-bond donors (Lipinski definition) is 1. The first-order valence-electron chi connectivity index (χ1n) is 14.2. The first kappa shape index (κ1) is 25.9. The fourth-order valence-electron chi connectivity index (χ4n) is 7.96. The molecule has 1 N–H and O–H groups in total. The number of hydrogen-bond acceptors (Lipinski definition) is 7. The van der Waals surface area contributed by atoms with E-state index in [9.17, 15) is 14.4 Å². The third kappa shape index (κ3) is 3.83. The number of fused-ring (bicyclic) bond motifs is 9. The minimum atomic E-state index is -0.358. The van der Waals surface area contributed by atoms with Crippen LogP contribution in [0.4, 0.5) is 5.69 Å². The Bertz CT molecular complexity index is 1750. The van der Waals surface area contributed by atoms with E-state index >= 15 is 0 Å². The molecule has 2 aliphatic heterocycles. The van der Waals surface area contributed by atoms with Gasteiger partial charge in [0.05, 0.1) is 29.7 Å². The molecule has 1 aromatic heterocycles. The van der Waals surface area contributed by atoms with E-state index in [1.807, 2.05) is 48.5 Å². The molecular formula is C33H28N2O5S2. The highest BCUT2D eigenvalue weighted by atomic mass is 32.2. The van der Waals surface area contributed by atoms with Crippen LogP contribution in [0.1, 0.15) is 28.3 Å². The van der Waals surface area contributed by atoms with Crippen molar-refractivity contribution in [3.8, 4) is 11.5 Å². The molecule has 1 saturated heterocycles. The summed E-state index contributed by atoms with van der Waals surface area (Å²) >= 11 is 2.95. The molecule has 0 radical (unpaired) electrons. The Labute approximate surface area is 250 Å². The molecule has 2 amide bonds. The Kier molecular flexibility index (Phi) is 6.08. The van der Waals surface area contributed by atoms with Crippen molar-refractivity contribution in [3.63, 3.8) is 0 Å². The van der Waals surface area contributed by atoms with E-state index in [1.54, 1.807) is 43.1 Å². The van der Waals surface area contributed by atoms with Gasteiger partial charge in [-0.15, -0.1) is 11.8 Å². The molecule has 2 saturated carbocycles. The lowest BCUT2D eigenvalue weighted by molar-refractivity contribution is -0.123. The first-order valence-corrected chi connectivity index (χ1v) is 15.9. The van der Waals surface area contributed by atoms with Gasteiger partial charge in [-0.1, -0.05) is 59.9 Å². The standard InChI is InChI=1S/C33H28N2O5S2/c1-39-19-13-11-18(12-14-19)35-31(36)26-21-15-22(27(26)32(35)37)28-25(21)24(29-30(41-28)34-33(38)42-29)20-9-5-6-10-23(20)40-16-17-7-3-2-4-8-17/h2-14,21-22,24-28H,15-16H2,1H3,(H,34,38)/t21?,22?,24-,25?,26?,27?,28?/m1/s1. The van der Waals surface area contributed by atoms with Crippen molar-refractivity contribution < 1.29 is 19.1 Å². The first-order chi connectivity index (χ1) is 20.5. The van der Waals surface area contributed by atoms with Gasteiger partial charge < -0.3 is 14.5 Å². The van der Waals surface area contributed by atoms with E-state index < -0.39 is 0 Å². The molecule has 212 valence electrons. The van der Waals surface area contributed by atoms with Crippen LogP contribution in [-0.4, -0.2) is 29.2 Å². The fraction of sp³-hybridized carbons (Fsp3) is 0.303. The van der Waals surface area contributed by atoms with Crippen LogP contribution in [0.15, 0.2) is 88.7 Å². The van der Waals surface area contributed by atoms with Gasteiger partial charge in [0.25, 0.3) is 0 Å². The molecule has 0 spiro atoms. The van der Waals surface area contributed by atoms with Crippen LogP contribution < -0.4 is 19.2 Å². The Hall–Kier alpha value is -3.82. The summed E-state index contributed by atoms with van der Waals surface area (Å²) in [6, 6.07) is 25.3. The molecular weight excluding hydrogens is 569 g/mol. The van der Waals surface area contributed by atoms with Crippen LogP contribution >= 0.6 is 23.1 Å². The molecule has 6 unspecified atom stereocenters. The summed E-state index contributed by atoms with van der Waals surface area (Å²) in [4.78, 5) is 46.0. The van der Waals surface area contributed by atoms with E-state index in [-0.39, 0.29) is 57.4 Å². The second-order valence-electron chi connectivity index (χ2n) is 11.5. The highest BCUT2D eigenvalue weighted by Gasteiger charge is 2.69. The van der Waals surface area contributed by atoms with Crippen molar-refractivity contribution >= 4 is 40.6 Å². The summed E-state index contributed by atoms with van der Waals surface area (Å²) in [5.74, 6) is 0.666. The second kappa shape index (κ2) is 9.88. The van der Waals surface area contributed by atoms with Gasteiger partial charge in [0.2, 0.25) is 11.8 Å². The molecule has 7 atom stereocenters. The van der Waals surface area contributed by atoms with Crippen LogP contribution in [0.25, 0.3) is 0 Å². The number of carbonyl (C=O) groups is 2. The number of amides is 2. The number of benzene rings is 3. The number of nitrogens with one attached hydrogen (secondary N) is 1. The minimum absolute atomic E-state index is 0.0368. The van der Waals surface area contributed by atoms with Crippen molar-refractivity contribution in [1.82, 2.24) is 4.98 Å². The maximum atomic E-state index is 14.0. The summed E-state index contributed by atoms with van der Waals surface area (Å²) in [6.45, 7) is 0.435. The Morgan fingerprint density at radius 1 is 0.881 bits per heavy atom. The fourth-order valence-corrected chi connectivity index (χ4v) is 10.8. The maximum Gasteiger partial charge on any atom is 0.305 e. The van der Waals surface area contributed by atoms with Crippen molar-refractivity contribution in [1.29, 1.82) is 0 Å². The molecule has 4 aliphatic rings. The van der Waals surface area contributed by atoms with E-state index in [0.29, 0.717) is 18.0 Å². The molecule has 3 fully saturated rings. The number of thioether (sulfide) groups is 1. The van der Waals surface area contributed by atoms with Crippen LogP contribution in [0, 0.1) is 29.6 Å². The number of anilines is 1. The van der Waals surface area contributed by atoms with Gasteiger partial charge in [-0.3, -0.25) is 19.3 Å². The lowest BCUT2D eigenvalue weighted by Gasteiger charge is -2.43. The number of rotatable bonds is 6. The number of methoxy groups -OCH3 is 1. The van der Waals surface area contributed by atoms with Gasteiger partial charge in [-0.2, -0.15) is 0 Å². The Balaban J connectivity index is 1.18. The molecule has 9 heteroatoms. The topological polar surface area (TPSA) is 88.7 Å². The summed E-state index contributed by atoms with van der Waals surface area (Å²) in [5, 5.41) is 1.01. The minimum Gasteiger partial charge on any atom is -0.497 e. The zero-order valence-corrected chi connectivity index (χ0v) is 24.4. The Morgan fingerprint density at radius 2 is 1.60 bits per heavy atom. The summed E-state index contributed by atoms with van der Waals surface area (Å²) in [6.07, 6.45) is 0.842. The monoisotopic (exact) mass is 596 g/mol. The molecule has 42 heavy (non-hydrogen) atoms. The summed E-state index contributed by atoms with van der Waals surface area (Å²) in [7, 11) is 1.59. The van der Waals surface area contributed by atoms with Gasteiger partial charge in [0.15, 0.2) is 0 Å². The van der Waals surface area contributed by atoms with Crippen molar-refractivity contribution in [2.24, 2.45) is 29.6 Å². The van der Waals surface area contributed by atoms with Crippen LogP contribution in [0.5, 0.6) is 11.5 Å². The van der Waals surface area contributed by atoms with Gasteiger partial charge in [0, 0.05) is 21.6 Å². The highest BCUT2D eigenvalue weighted by molar-refractivity contribution is 8.00. The van der Waals surface area contributed by atoms with Crippen molar-refractivity contribution in [2.75, 3.05) is 12.0 Å². The zero-order chi connectivity index (χ0) is 28.5. The number of para-hydroxylation sites is 1. The number of aromatic nitrogens is 1. The third-order valence-electron chi connectivity index (χ3n) is 9.55. The molecule has 7 nitrogen and oxygen atoms in total. The predicted octanol–water partition coefficient (Wildman–Crippen LogP) is 5.70. The highest BCUT2D eigenvalue weighted by Crippen LogP contribution is 2.69. The maximum absolute atomic E-state index is 14.0. The second-order valence-corrected chi connectivity index (χ2v) is 13.7. The zero-order valence-electron chi connectivity index (χ0n) is 22.8. The molecule has 3 heterocycles. The Morgan fingerprint density at radius 3 is 2.36 bits per heavy atom. The van der Waals surface area contributed by atoms with E-state index in [4.69, 9.17) is 9.47 Å². The van der Waals surface area contributed by atoms with Crippen molar-refractivity contribution in [2.45, 2.75) is 29.2 Å². The number of ether oxygens (including phenoxy) is 2. The largest absolute Gasteiger partial charge is 0.497 e. The number of thiazole rings is 1. The lowest BCUT2D eigenvalue weighted by Crippen LogP contribution is -2.42. The SMILES string of the molecule is COc1ccc(N2C(=O)C3C4CC(C3C2=O)C2C4Sc3[nH]c(=O)sc3[C@@H]2c2ccccc2OCc2ccccc2)cc1. The van der Waals surface area contributed by atoms with Crippen LogP contribution in [0.3, 0.4) is 0 Å². The molecule has 2 bridgehead atoms.